The molecule has 0 spiro atoms. The van der Waals surface area contributed by atoms with Gasteiger partial charge in [0, 0.05) is 0 Å². The molecule has 68 valence electrons. The maximum atomic E-state index is 8.87. The molecule has 0 fully saturated rings. The summed E-state index contributed by atoms with van der Waals surface area (Å²) in [4.78, 5) is 3.88. The predicted molar refractivity (Wildman–Crippen MR) is 52.9 cm³/mol. The molecule has 0 aliphatic carbocycles. The number of aromatic nitrogens is 1. The van der Waals surface area contributed by atoms with Crippen molar-refractivity contribution in [1.29, 1.82) is 0 Å². The van der Waals surface area contributed by atoms with E-state index in [1.165, 1.54) is 0 Å². The smallest absolute Gasteiger partial charge is 0.394 e. The summed E-state index contributed by atoms with van der Waals surface area (Å²) in [7, 11) is 0. The maximum Gasteiger partial charge on any atom is 1.00 e. The third-order valence-corrected chi connectivity index (χ3v) is 1.83. The minimum atomic E-state index is 0. The first-order valence-electron chi connectivity index (χ1n) is 3.76. The Hall–Kier alpha value is 0.226. The van der Waals surface area contributed by atoms with Crippen molar-refractivity contribution in [2.24, 2.45) is 0 Å². The van der Waals surface area contributed by atoms with E-state index in [2.05, 4.69) is 11.2 Å². The Morgan fingerprint density at radius 2 is 2.07 bits per heavy atom. The van der Waals surface area contributed by atoms with E-state index in [0.29, 0.717) is 0 Å². The molecule has 2 nitrogen and oxygen atoms in total. The summed E-state index contributed by atoms with van der Waals surface area (Å²) in [6, 6.07) is 7.59. The first-order valence-corrected chi connectivity index (χ1v) is 3.76. The summed E-state index contributed by atoms with van der Waals surface area (Å²) in [5, 5.41) is 11.0. The fourth-order valence-corrected chi connectivity index (χ4v) is 1.18. The third-order valence-electron chi connectivity index (χ3n) is 1.83. The standard InChI is InChI=1S/C10H8NO.CH3.K/c12-7-8-1-2-10-6-11-4-3-9(10)5-8;;/h1-3,5-6,12H,7H2;1H3;/q2*-1;+1. The Kier molecular flexibility index (Phi) is 6.77. The molecule has 0 amide bonds. The molecule has 0 radical (unpaired) electrons. The summed E-state index contributed by atoms with van der Waals surface area (Å²) < 4.78 is 0. The van der Waals surface area contributed by atoms with Crippen LogP contribution in [0.25, 0.3) is 10.8 Å². The van der Waals surface area contributed by atoms with E-state index in [4.69, 9.17) is 5.11 Å². The van der Waals surface area contributed by atoms with E-state index < -0.39 is 0 Å². The molecule has 0 aliphatic heterocycles. The number of pyridine rings is 1. The van der Waals surface area contributed by atoms with Gasteiger partial charge < -0.3 is 17.5 Å². The van der Waals surface area contributed by atoms with Crippen LogP contribution >= 0.6 is 0 Å². The largest absolute Gasteiger partial charge is 1.00 e. The predicted octanol–water partition coefficient (Wildman–Crippen LogP) is -1.02. The van der Waals surface area contributed by atoms with Crippen molar-refractivity contribution in [2.75, 3.05) is 0 Å². The van der Waals surface area contributed by atoms with Gasteiger partial charge >= 0.3 is 51.4 Å². The summed E-state index contributed by atoms with van der Waals surface area (Å²) in [5.74, 6) is 0. The van der Waals surface area contributed by atoms with E-state index in [1.807, 2.05) is 24.3 Å². The Balaban J connectivity index is 0.000000845. The number of hydrogen-bond acceptors (Lipinski definition) is 2. The van der Waals surface area contributed by atoms with Crippen molar-refractivity contribution in [3.8, 4) is 0 Å². The molecule has 1 N–H and O–H groups in total. The average molecular weight is 212 g/mol. The monoisotopic (exact) mass is 212 g/mol. The second-order valence-electron chi connectivity index (χ2n) is 2.65. The molecule has 0 unspecified atom stereocenters. The molecule has 0 saturated carbocycles. The maximum absolute atomic E-state index is 8.87. The first kappa shape index (κ1) is 14.2. The van der Waals surface area contributed by atoms with Crippen LogP contribution in [0.15, 0.2) is 30.5 Å². The van der Waals surface area contributed by atoms with Crippen LogP contribution < -0.4 is 51.4 Å². The molecular weight excluding hydrogens is 201 g/mol. The van der Waals surface area contributed by atoms with E-state index >= 15 is 0 Å². The van der Waals surface area contributed by atoms with Gasteiger partial charge in [-0.25, -0.2) is 0 Å². The van der Waals surface area contributed by atoms with Gasteiger partial charge in [-0.2, -0.15) is 6.07 Å². The second kappa shape index (κ2) is 6.66. The van der Waals surface area contributed by atoms with Gasteiger partial charge in [-0.1, -0.05) is 24.5 Å². The van der Waals surface area contributed by atoms with Crippen molar-refractivity contribution in [3.05, 3.63) is 49.6 Å². The zero-order valence-corrected chi connectivity index (χ0v) is 11.6. The molecule has 1 aromatic carbocycles. The molecule has 0 aliphatic rings. The van der Waals surface area contributed by atoms with Crippen LogP contribution in [0, 0.1) is 13.6 Å². The van der Waals surface area contributed by atoms with Gasteiger partial charge in [0.1, 0.15) is 0 Å². The molecule has 0 saturated heterocycles. The molecule has 2 rings (SSSR count). The van der Waals surface area contributed by atoms with Gasteiger partial charge in [-0.05, 0) is 5.56 Å². The van der Waals surface area contributed by atoms with Crippen LogP contribution in [-0.2, 0) is 6.61 Å². The number of aliphatic hydroxyl groups is 1. The SMILES string of the molecule is OCc1ccc2cn[c-]cc2c1.[CH3-].[K+]. The van der Waals surface area contributed by atoms with Gasteiger partial charge in [0.25, 0.3) is 0 Å². The van der Waals surface area contributed by atoms with Gasteiger partial charge in [0.2, 0.25) is 0 Å². The number of nitrogens with zero attached hydrogens (tertiary/aromatic N) is 1. The van der Waals surface area contributed by atoms with Gasteiger partial charge in [-0.15, -0.1) is 16.8 Å². The van der Waals surface area contributed by atoms with Crippen LogP contribution in [0.4, 0.5) is 0 Å². The topological polar surface area (TPSA) is 33.1 Å². The molecule has 2 aromatic rings. The summed E-state index contributed by atoms with van der Waals surface area (Å²) >= 11 is 0. The number of benzene rings is 1. The summed E-state index contributed by atoms with van der Waals surface area (Å²) in [5.41, 5.74) is 0.919. The van der Waals surface area contributed by atoms with Crippen LogP contribution in [0.1, 0.15) is 5.56 Å². The minimum Gasteiger partial charge on any atom is -0.394 e. The third kappa shape index (κ3) is 3.12. The average Bonchev–Trinajstić information content (AvgIpc) is 2.17. The van der Waals surface area contributed by atoms with Crippen LogP contribution in [-0.4, -0.2) is 10.1 Å². The fourth-order valence-electron chi connectivity index (χ4n) is 1.18. The fraction of sp³-hybridized carbons (Fsp3) is 0.0909. The minimum absolute atomic E-state index is 0. The van der Waals surface area contributed by atoms with E-state index in [1.54, 1.807) is 6.20 Å². The molecule has 1 aromatic heterocycles. The van der Waals surface area contributed by atoms with Crippen molar-refractivity contribution in [3.63, 3.8) is 0 Å². The van der Waals surface area contributed by atoms with Crippen LogP contribution in [0.2, 0.25) is 0 Å². The number of rotatable bonds is 1. The first-order chi connectivity index (χ1) is 5.90. The van der Waals surface area contributed by atoms with Gasteiger partial charge in [0.05, 0.1) is 6.61 Å². The molecule has 0 atom stereocenters. The normalized spacial score (nSPS) is 8.93. The molecule has 14 heavy (non-hydrogen) atoms. The Labute approximate surface area is 127 Å². The second-order valence-corrected chi connectivity index (χ2v) is 2.65. The van der Waals surface area contributed by atoms with Crippen LogP contribution in [0.5, 0.6) is 0 Å². The molecule has 1 heterocycles. The van der Waals surface area contributed by atoms with Crippen LogP contribution in [0.3, 0.4) is 0 Å². The summed E-state index contributed by atoms with van der Waals surface area (Å²) in [6.07, 6.45) is 4.52. The van der Waals surface area contributed by atoms with Crippen molar-refractivity contribution < 1.29 is 56.5 Å². The van der Waals surface area contributed by atoms with Crippen molar-refractivity contribution >= 4 is 10.8 Å². The molecular formula is C11H11KNO-. The zero-order valence-electron chi connectivity index (χ0n) is 8.49. The Morgan fingerprint density at radius 1 is 1.29 bits per heavy atom. The van der Waals surface area contributed by atoms with Gasteiger partial charge in [0.15, 0.2) is 0 Å². The van der Waals surface area contributed by atoms with E-state index in [0.717, 1.165) is 16.3 Å². The Morgan fingerprint density at radius 3 is 2.79 bits per heavy atom. The van der Waals surface area contributed by atoms with E-state index in [-0.39, 0.29) is 65.4 Å². The molecule has 3 heteroatoms. The quantitative estimate of drug-likeness (QED) is 0.485. The van der Waals surface area contributed by atoms with Crippen molar-refractivity contribution in [1.82, 2.24) is 4.98 Å². The zero-order chi connectivity index (χ0) is 8.39. The summed E-state index contributed by atoms with van der Waals surface area (Å²) in [6.45, 7) is 0.0816. The van der Waals surface area contributed by atoms with Gasteiger partial charge in [-0.3, -0.25) is 0 Å². The van der Waals surface area contributed by atoms with Crippen molar-refractivity contribution in [2.45, 2.75) is 6.61 Å². The number of aliphatic hydroxyl groups excluding tert-OH is 1. The number of hydrogen-bond donors (Lipinski definition) is 1. The Bertz CT molecular complexity index is 403. The molecule has 0 bridgehead atoms. The van der Waals surface area contributed by atoms with E-state index in [9.17, 15) is 0 Å². The number of fused-ring (bicyclic) bond motifs is 1.